The van der Waals surface area contributed by atoms with E-state index in [0.29, 0.717) is 6.42 Å². The van der Waals surface area contributed by atoms with Gasteiger partial charge in [-0.25, -0.2) is 5.48 Å². The third-order valence-electron chi connectivity index (χ3n) is 2.78. The van der Waals surface area contributed by atoms with Gasteiger partial charge in [-0.2, -0.15) is 0 Å². The van der Waals surface area contributed by atoms with E-state index in [2.05, 4.69) is 22.3 Å². The number of piperazine rings is 1. The van der Waals surface area contributed by atoms with Crippen LogP contribution in [0.25, 0.3) is 0 Å². The summed E-state index contributed by atoms with van der Waals surface area (Å²) in [5, 5.41) is 3.27. The van der Waals surface area contributed by atoms with Crippen molar-refractivity contribution in [3.05, 3.63) is 12.7 Å². The quantitative estimate of drug-likeness (QED) is 0.419. The molecule has 0 aliphatic carbocycles. The molecule has 1 unspecified atom stereocenters. The standard InChI is InChI=1S/C11H22N4O2/c1-3-4-11(12,9-17-14-10(2)16)15-7-5-13-6-8-15/h3,13H,1,4-9,12H2,2H3,(H,14,16). The van der Waals surface area contributed by atoms with Gasteiger partial charge >= 0.3 is 0 Å². The number of hydroxylamine groups is 1. The molecule has 0 aromatic rings. The normalized spacial score (nSPS) is 20.6. The minimum absolute atomic E-state index is 0.230. The zero-order chi connectivity index (χ0) is 12.7. The topological polar surface area (TPSA) is 79.6 Å². The highest BCUT2D eigenvalue weighted by atomic mass is 16.7. The Morgan fingerprint density at radius 2 is 2.29 bits per heavy atom. The van der Waals surface area contributed by atoms with E-state index >= 15 is 0 Å². The molecule has 0 spiro atoms. The molecule has 0 bridgehead atoms. The number of rotatable bonds is 6. The lowest BCUT2D eigenvalue weighted by atomic mass is 10.1. The van der Waals surface area contributed by atoms with Gasteiger partial charge in [0.2, 0.25) is 5.91 Å². The zero-order valence-electron chi connectivity index (χ0n) is 10.4. The Labute approximate surface area is 102 Å². The predicted octanol–water partition coefficient (Wildman–Crippen LogP) is -0.810. The van der Waals surface area contributed by atoms with Crippen molar-refractivity contribution in [3.63, 3.8) is 0 Å². The fraction of sp³-hybridized carbons (Fsp3) is 0.727. The van der Waals surface area contributed by atoms with Crippen molar-refractivity contribution in [1.82, 2.24) is 15.7 Å². The highest BCUT2D eigenvalue weighted by Crippen LogP contribution is 2.15. The molecule has 1 fully saturated rings. The van der Waals surface area contributed by atoms with E-state index < -0.39 is 5.66 Å². The van der Waals surface area contributed by atoms with E-state index in [1.165, 1.54) is 6.92 Å². The number of nitrogens with one attached hydrogen (secondary N) is 2. The smallest absolute Gasteiger partial charge is 0.240 e. The summed E-state index contributed by atoms with van der Waals surface area (Å²) < 4.78 is 0. The summed E-state index contributed by atoms with van der Waals surface area (Å²) in [4.78, 5) is 18.0. The molecular weight excluding hydrogens is 220 g/mol. The molecule has 1 atom stereocenters. The van der Waals surface area contributed by atoms with E-state index in [9.17, 15) is 4.79 Å². The van der Waals surface area contributed by atoms with Gasteiger partial charge in [-0.05, 0) is 6.42 Å². The Bertz CT molecular complexity index is 266. The van der Waals surface area contributed by atoms with Gasteiger partial charge in [0.05, 0.1) is 5.66 Å². The van der Waals surface area contributed by atoms with Crippen molar-refractivity contribution in [1.29, 1.82) is 0 Å². The van der Waals surface area contributed by atoms with Crippen molar-refractivity contribution in [2.24, 2.45) is 5.73 Å². The van der Waals surface area contributed by atoms with Gasteiger partial charge in [0.15, 0.2) is 0 Å². The fourth-order valence-corrected chi connectivity index (χ4v) is 1.90. The average molecular weight is 242 g/mol. The molecule has 1 rings (SSSR count). The summed E-state index contributed by atoms with van der Waals surface area (Å²) in [5.41, 5.74) is 8.02. The molecule has 1 aliphatic heterocycles. The summed E-state index contributed by atoms with van der Waals surface area (Å²) in [6, 6.07) is 0. The predicted molar refractivity (Wildman–Crippen MR) is 65.9 cm³/mol. The molecule has 1 saturated heterocycles. The molecule has 4 N–H and O–H groups in total. The Morgan fingerprint density at radius 3 is 2.82 bits per heavy atom. The van der Waals surface area contributed by atoms with Crippen LogP contribution in [0.15, 0.2) is 12.7 Å². The van der Waals surface area contributed by atoms with Gasteiger partial charge in [-0.15, -0.1) is 6.58 Å². The molecule has 0 aromatic carbocycles. The minimum atomic E-state index is -0.605. The highest BCUT2D eigenvalue weighted by Gasteiger charge is 2.32. The van der Waals surface area contributed by atoms with Crippen LogP contribution in [-0.4, -0.2) is 49.3 Å². The first-order chi connectivity index (χ1) is 8.08. The van der Waals surface area contributed by atoms with Crippen molar-refractivity contribution in [2.75, 3.05) is 32.8 Å². The second kappa shape index (κ2) is 6.70. The van der Waals surface area contributed by atoms with Crippen LogP contribution in [0, 0.1) is 0 Å². The monoisotopic (exact) mass is 242 g/mol. The van der Waals surface area contributed by atoms with Crippen molar-refractivity contribution >= 4 is 5.91 Å². The van der Waals surface area contributed by atoms with Gasteiger partial charge in [0.1, 0.15) is 6.61 Å². The fourth-order valence-electron chi connectivity index (χ4n) is 1.90. The number of amides is 1. The molecule has 1 amide bonds. The summed E-state index contributed by atoms with van der Waals surface area (Å²) in [6.07, 6.45) is 2.39. The van der Waals surface area contributed by atoms with E-state index in [4.69, 9.17) is 10.6 Å². The zero-order valence-corrected chi connectivity index (χ0v) is 10.4. The first kappa shape index (κ1) is 14.1. The van der Waals surface area contributed by atoms with Crippen molar-refractivity contribution in [2.45, 2.75) is 19.0 Å². The number of nitrogens with zero attached hydrogens (tertiary/aromatic N) is 1. The Hall–Kier alpha value is -0.950. The number of carbonyl (C=O) groups is 1. The number of carbonyl (C=O) groups excluding carboxylic acids is 1. The van der Waals surface area contributed by atoms with Crippen LogP contribution in [-0.2, 0) is 9.63 Å². The molecule has 6 heteroatoms. The first-order valence-electron chi connectivity index (χ1n) is 5.82. The molecule has 17 heavy (non-hydrogen) atoms. The molecule has 1 heterocycles. The van der Waals surface area contributed by atoms with Crippen LogP contribution in [0.3, 0.4) is 0 Å². The van der Waals surface area contributed by atoms with Crippen LogP contribution in [0.1, 0.15) is 13.3 Å². The van der Waals surface area contributed by atoms with Gasteiger partial charge < -0.3 is 11.1 Å². The maximum Gasteiger partial charge on any atom is 0.240 e. The van der Waals surface area contributed by atoms with Gasteiger partial charge in [0, 0.05) is 33.1 Å². The minimum Gasteiger partial charge on any atom is -0.314 e. The van der Waals surface area contributed by atoms with Crippen LogP contribution < -0.4 is 16.5 Å². The molecule has 6 nitrogen and oxygen atoms in total. The molecule has 0 radical (unpaired) electrons. The molecule has 1 aliphatic rings. The van der Waals surface area contributed by atoms with Gasteiger partial charge in [-0.3, -0.25) is 14.5 Å². The Morgan fingerprint density at radius 1 is 1.65 bits per heavy atom. The third-order valence-corrected chi connectivity index (χ3v) is 2.78. The number of hydrogen-bond acceptors (Lipinski definition) is 5. The van der Waals surface area contributed by atoms with Gasteiger partial charge in [-0.1, -0.05) is 6.08 Å². The maximum absolute atomic E-state index is 10.7. The van der Waals surface area contributed by atoms with Crippen molar-refractivity contribution in [3.8, 4) is 0 Å². The van der Waals surface area contributed by atoms with Crippen molar-refractivity contribution < 1.29 is 9.63 Å². The van der Waals surface area contributed by atoms with Gasteiger partial charge in [0.25, 0.3) is 0 Å². The third kappa shape index (κ3) is 4.43. The molecule has 0 saturated carbocycles. The number of nitrogens with two attached hydrogens (primary N) is 1. The largest absolute Gasteiger partial charge is 0.314 e. The lowest BCUT2D eigenvalue weighted by molar-refractivity contribution is -0.135. The summed E-state index contributed by atoms with van der Waals surface area (Å²) >= 11 is 0. The van der Waals surface area contributed by atoms with E-state index in [1.54, 1.807) is 6.08 Å². The average Bonchev–Trinajstić information content (AvgIpc) is 2.30. The van der Waals surface area contributed by atoms with Crippen LogP contribution in [0.4, 0.5) is 0 Å². The first-order valence-corrected chi connectivity index (χ1v) is 5.82. The SMILES string of the molecule is C=CCC(N)(CONC(C)=O)N1CCNCC1. The lowest BCUT2D eigenvalue weighted by Crippen LogP contribution is -2.64. The summed E-state index contributed by atoms with van der Waals surface area (Å²) in [6.45, 7) is 8.93. The van der Waals surface area contributed by atoms with Crippen LogP contribution in [0.2, 0.25) is 0 Å². The lowest BCUT2D eigenvalue weighted by Gasteiger charge is -2.42. The number of hydrogen-bond donors (Lipinski definition) is 3. The summed E-state index contributed by atoms with van der Waals surface area (Å²) in [5.74, 6) is -0.230. The molecule has 98 valence electrons. The maximum atomic E-state index is 10.7. The molecule has 0 aromatic heterocycles. The Balaban J connectivity index is 2.52. The van der Waals surface area contributed by atoms with Crippen LogP contribution in [0.5, 0.6) is 0 Å². The molecular formula is C11H22N4O2. The van der Waals surface area contributed by atoms with E-state index in [1.807, 2.05) is 0 Å². The second-order valence-corrected chi connectivity index (χ2v) is 4.28. The second-order valence-electron chi connectivity index (χ2n) is 4.28. The highest BCUT2D eigenvalue weighted by molar-refractivity contribution is 5.71. The summed E-state index contributed by atoms with van der Waals surface area (Å²) in [7, 11) is 0. The van der Waals surface area contributed by atoms with E-state index in [-0.39, 0.29) is 12.5 Å². The van der Waals surface area contributed by atoms with Crippen LogP contribution >= 0.6 is 0 Å². The van der Waals surface area contributed by atoms with E-state index in [0.717, 1.165) is 26.2 Å². The Kier molecular flexibility index (Phi) is 5.57.